The molecule has 6 nitrogen and oxygen atoms in total. The van der Waals surface area contributed by atoms with Crippen LogP contribution in [0.1, 0.15) is 31.2 Å². The second kappa shape index (κ2) is 10.1. The van der Waals surface area contributed by atoms with E-state index in [1.165, 1.54) is 25.0 Å². The average Bonchev–Trinajstić information content (AvgIpc) is 3.33. The number of nitrogens with zero attached hydrogens (tertiary/aromatic N) is 1. The Bertz CT molecular complexity index is 1170. The van der Waals surface area contributed by atoms with Crippen LogP contribution in [0.4, 0.5) is 11.4 Å². The monoisotopic (exact) mass is 464 g/mol. The normalized spacial score (nSPS) is 14.1. The van der Waals surface area contributed by atoms with Gasteiger partial charge in [0, 0.05) is 5.69 Å². The zero-order chi connectivity index (χ0) is 23.3. The van der Waals surface area contributed by atoms with Crippen LogP contribution < -0.4 is 14.4 Å². The van der Waals surface area contributed by atoms with Crippen molar-refractivity contribution < 1.29 is 17.9 Å². The fraction of sp³-hybridized carbons (Fsp3) is 0.269. The number of benzene rings is 3. The van der Waals surface area contributed by atoms with Crippen LogP contribution in [0.5, 0.6) is 5.75 Å². The van der Waals surface area contributed by atoms with Crippen LogP contribution in [-0.4, -0.2) is 27.0 Å². The van der Waals surface area contributed by atoms with Crippen molar-refractivity contribution in [1.29, 1.82) is 0 Å². The molecule has 4 rings (SSSR count). The molecular weight excluding hydrogens is 436 g/mol. The predicted octanol–water partition coefficient (Wildman–Crippen LogP) is 5.15. The lowest BCUT2D eigenvalue weighted by atomic mass is 10.2. The van der Waals surface area contributed by atoms with Gasteiger partial charge in [-0.05, 0) is 81.1 Å². The van der Waals surface area contributed by atoms with E-state index in [2.05, 4.69) is 5.32 Å². The quantitative estimate of drug-likeness (QED) is 0.500. The Balaban J connectivity index is 1.50. The molecule has 1 aliphatic rings. The first kappa shape index (κ1) is 22.9. The molecule has 7 heteroatoms. The van der Waals surface area contributed by atoms with Crippen molar-refractivity contribution in [3.8, 4) is 5.75 Å². The first-order valence-electron chi connectivity index (χ1n) is 11.1. The predicted molar refractivity (Wildman–Crippen MR) is 130 cm³/mol. The molecule has 3 aromatic rings. The zero-order valence-corrected chi connectivity index (χ0v) is 19.4. The third-order valence-corrected chi connectivity index (χ3v) is 7.47. The van der Waals surface area contributed by atoms with Gasteiger partial charge in [-0.1, -0.05) is 35.9 Å². The van der Waals surface area contributed by atoms with Gasteiger partial charge in [0.25, 0.3) is 10.0 Å². The van der Waals surface area contributed by atoms with Gasteiger partial charge in [0.1, 0.15) is 12.3 Å². The molecule has 33 heavy (non-hydrogen) atoms. The maximum absolute atomic E-state index is 13.3. The van der Waals surface area contributed by atoms with Crippen LogP contribution in [0.2, 0.25) is 0 Å². The van der Waals surface area contributed by atoms with E-state index in [4.69, 9.17) is 4.74 Å². The lowest BCUT2D eigenvalue weighted by molar-refractivity contribution is -0.114. The highest BCUT2D eigenvalue weighted by Gasteiger charge is 2.27. The third kappa shape index (κ3) is 5.73. The van der Waals surface area contributed by atoms with Crippen molar-refractivity contribution in [3.63, 3.8) is 0 Å². The molecule has 172 valence electrons. The number of anilines is 2. The van der Waals surface area contributed by atoms with Gasteiger partial charge in [-0.15, -0.1) is 0 Å². The van der Waals surface area contributed by atoms with Crippen LogP contribution in [0.15, 0.2) is 83.8 Å². The Morgan fingerprint density at radius 3 is 2.21 bits per heavy atom. The first-order valence-corrected chi connectivity index (χ1v) is 12.6. The zero-order valence-electron chi connectivity index (χ0n) is 18.6. The molecule has 1 saturated carbocycles. The Morgan fingerprint density at radius 1 is 0.939 bits per heavy atom. The highest BCUT2D eigenvalue weighted by molar-refractivity contribution is 7.92. The van der Waals surface area contributed by atoms with Crippen molar-refractivity contribution in [2.24, 2.45) is 0 Å². The number of carbonyl (C=O) groups excluding carboxylic acids is 1. The number of hydrogen-bond donors (Lipinski definition) is 1. The summed E-state index contributed by atoms with van der Waals surface area (Å²) in [5.74, 6) is 0.340. The van der Waals surface area contributed by atoms with Gasteiger partial charge in [-0.2, -0.15) is 0 Å². The summed E-state index contributed by atoms with van der Waals surface area (Å²) in [6.07, 6.45) is 4.80. The summed E-state index contributed by atoms with van der Waals surface area (Å²) in [4.78, 5) is 13.0. The number of rotatable bonds is 8. The van der Waals surface area contributed by atoms with E-state index in [0.717, 1.165) is 28.5 Å². The van der Waals surface area contributed by atoms with Gasteiger partial charge >= 0.3 is 0 Å². The van der Waals surface area contributed by atoms with Gasteiger partial charge in [0.15, 0.2) is 0 Å². The van der Waals surface area contributed by atoms with E-state index in [1.54, 1.807) is 42.5 Å². The Hall–Kier alpha value is -3.32. The van der Waals surface area contributed by atoms with E-state index in [0.29, 0.717) is 11.4 Å². The summed E-state index contributed by atoms with van der Waals surface area (Å²) in [6.45, 7) is 1.58. The maximum atomic E-state index is 13.3. The number of hydrogen-bond acceptors (Lipinski definition) is 4. The minimum absolute atomic E-state index is 0.131. The van der Waals surface area contributed by atoms with Crippen molar-refractivity contribution in [2.75, 3.05) is 16.2 Å². The SMILES string of the molecule is Cc1ccc(N(CC(=O)Nc2ccc(OC3CCCC3)cc2)S(=O)(=O)c2ccccc2)cc1. The number of nitrogens with one attached hydrogen (secondary N) is 1. The molecule has 1 aliphatic carbocycles. The molecule has 3 aromatic carbocycles. The highest BCUT2D eigenvalue weighted by Crippen LogP contribution is 2.26. The minimum Gasteiger partial charge on any atom is -0.490 e. The summed E-state index contributed by atoms with van der Waals surface area (Å²) in [5, 5.41) is 2.80. The number of amides is 1. The molecule has 1 amide bonds. The largest absolute Gasteiger partial charge is 0.490 e. The summed E-state index contributed by atoms with van der Waals surface area (Å²) in [6, 6.07) is 22.4. The van der Waals surface area contributed by atoms with Gasteiger partial charge in [-0.3, -0.25) is 9.10 Å². The van der Waals surface area contributed by atoms with Crippen molar-refractivity contribution >= 4 is 27.3 Å². The number of aryl methyl sites for hydroxylation is 1. The summed E-state index contributed by atoms with van der Waals surface area (Å²) in [5.41, 5.74) is 2.01. The Kier molecular flexibility index (Phi) is 6.99. The van der Waals surface area contributed by atoms with E-state index in [1.807, 2.05) is 31.2 Å². The molecule has 0 heterocycles. The van der Waals surface area contributed by atoms with E-state index >= 15 is 0 Å². The highest BCUT2D eigenvalue weighted by atomic mass is 32.2. The molecule has 0 spiro atoms. The van der Waals surface area contributed by atoms with Crippen LogP contribution in [-0.2, 0) is 14.8 Å². The standard InChI is InChI=1S/C26H28N2O4S/c1-20-11-15-22(16-12-20)28(33(30,31)25-9-3-2-4-10-25)19-26(29)27-21-13-17-24(18-14-21)32-23-7-5-6-8-23/h2-4,9-18,23H,5-8,19H2,1H3,(H,27,29). The van der Waals surface area contributed by atoms with Crippen LogP contribution in [0.25, 0.3) is 0 Å². The Labute approximate surface area is 195 Å². The fourth-order valence-electron chi connectivity index (χ4n) is 3.89. The molecule has 1 N–H and O–H groups in total. The lowest BCUT2D eigenvalue weighted by Gasteiger charge is -2.24. The summed E-state index contributed by atoms with van der Waals surface area (Å²) in [7, 11) is -3.92. The number of sulfonamides is 1. The van der Waals surface area contributed by atoms with E-state index < -0.39 is 15.9 Å². The topological polar surface area (TPSA) is 75.7 Å². The van der Waals surface area contributed by atoms with E-state index in [-0.39, 0.29) is 17.5 Å². The molecule has 0 bridgehead atoms. The van der Waals surface area contributed by atoms with Crippen LogP contribution in [0.3, 0.4) is 0 Å². The molecule has 0 aromatic heterocycles. The summed E-state index contributed by atoms with van der Waals surface area (Å²) >= 11 is 0. The summed E-state index contributed by atoms with van der Waals surface area (Å²) < 4.78 is 33.8. The third-order valence-electron chi connectivity index (χ3n) is 5.68. The number of carbonyl (C=O) groups is 1. The average molecular weight is 465 g/mol. The minimum atomic E-state index is -3.92. The first-order chi connectivity index (χ1) is 15.9. The van der Waals surface area contributed by atoms with Gasteiger partial charge in [0.05, 0.1) is 16.7 Å². The van der Waals surface area contributed by atoms with Gasteiger partial charge < -0.3 is 10.1 Å². The van der Waals surface area contributed by atoms with Gasteiger partial charge in [0.2, 0.25) is 5.91 Å². The maximum Gasteiger partial charge on any atom is 0.264 e. The van der Waals surface area contributed by atoms with E-state index in [9.17, 15) is 13.2 Å². The fourth-order valence-corrected chi connectivity index (χ4v) is 5.33. The molecule has 0 saturated heterocycles. The van der Waals surface area contributed by atoms with Crippen molar-refractivity contribution in [2.45, 2.75) is 43.6 Å². The molecule has 0 radical (unpaired) electrons. The van der Waals surface area contributed by atoms with Crippen molar-refractivity contribution in [1.82, 2.24) is 0 Å². The molecule has 1 fully saturated rings. The Morgan fingerprint density at radius 2 is 1.58 bits per heavy atom. The second-order valence-electron chi connectivity index (χ2n) is 8.26. The molecule has 0 unspecified atom stereocenters. The van der Waals surface area contributed by atoms with Gasteiger partial charge in [-0.25, -0.2) is 8.42 Å². The van der Waals surface area contributed by atoms with Crippen LogP contribution in [0, 0.1) is 6.92 Å². The lowest BCUT2D eigenvalue weighted by Crippen LogP contribution is -2.38. The molecular formula is C26H28N2O4S. The van der Waals surface area contributed by atoms with Crippen LogP contribution >= 0.6 is 0 Å². The van der Waals surface area contributed by atoms with Crippen molar-refractivity contribution in [3.05, 3.63) is 84.4 Å². The molecule has 0 atom stereocenters. The molecule has 0 aliphatic heterocycles. The smallest absolute Gasteiger partial charge is 0.264 e. The number of ether oxygens (including phenoxy) is 1. The second-order valence-corrected chi connectivity index (χ2v) is 10.1.